The highest BCUT2D eigenvalue weighted by molar-refractivity contribution is 6.01. The summed E-state index contributed by atoms with van der Waals surface area (Å²) in [4.78, 5) is 26.2. The Bertz CT molecular complexity index is 637. The van der Waals surface area contributed by atoms with Gasteiger partial charge in [-0.05, 0) is 56.0 Å². The van der Waals surface area contributed by atoms with Crippen LogP contribution in [-0.2, 0) is 16.0 Å². The van der Waals surface area contributed by atoms with E-state index >= 15 is 0 Å². The molecule has 2 saturated heterocycles. The summed E-state index contributed by atoms with van der Waals surface area (Å²) in [5.41, 5.74) is 3.75. The van der Waals surface area contributed by atoms with E-state index < -0.39 is 0 Å². The quantitative estimate of drug-likeness (QED) is 0.809. The summed E-state index contributed by atoms with van der Waals surface area (Å²) in [5.74, 6) is -0.444. The molecule has 122 valence electrons. The molecular formula is C18H23N3O2. The van der Waals surface area contributed by atoms with Gasteiger partial charge in [0.1, 0.15) is 0 Å². The minimum Gasteiger partial charge on any atom is -0.368 e. The van der Waals surface area contributed by atoms with Crippen LogP contribution in [0.2, 0.25) is 0 Å². The van der Waals surface area contributed by atoms with Gasteiger partial charge in [0.2, 0.25) is 11.8 Å². The second-order valence-corrected chi connectivity index (χ2v) is 6.77. The number of hydrogen-bond donors (Lipinski definition) is 2. The number of benzene rings is 1. The molecule has 0 aliphatic carbocycles. The van der Waals surface area contributed by atoms with Gasteiger partial charge in [-0.2, -0.15) is 0 Å². The molecule has 1 aromatic carbocycles. The number of nitrogens with one attached hydrogen (secondary N) is 2. The first kappa shape index (κ1) is 14.7. The fraction of sp³-hybridized carbons (Fsp3) is 0.556. The first-order chi connectivity index (χ1) is 11.2. The Morgan fingerprint density at radius 3 is 2.65 bits per heavy atom. The van der Waals surface area contributed by atoms with Crippen LogP contribution >= 0.6 is 0 Å². The van der Waals surface area contributed by atoms with Crippen molar-refractivity contribution in [1.29, 1.82) is 0 Å². The van der Waals surface area contributed by atoms with Crippen LogP contribution < -0.4 is 15.5 Å². The van der Waals surface area contributed by atoms with Crippen LogP contribution in [-0.4, -0.2) is 37.5 Å². The number of anilines is 1. The van der Waals surface area contributed by atoms with Crippen molar-refractivity contribution in [3.8, 4) is 0 Å². The zero-order valence-electron chi connectivity index (χ0n) is 13.3. The summed E-state index contributed by atoms with van der Waals surface area (Å²) in [7, 11) is 0. The van der Waals surface area contributed by atoms with E-state index in [1.807, 2.05) is 0 Å². The van der Waals surface area contributed by atoms with Gasteiger partial charge in [-0.3, -0.25) is 14.9 Å². The van der Waals surface area contributed by atoms with E-state index in [1.165, 1.54) is 24.1 Å². The Morgan fingerprint density at radius 2 is 1.87 bits per heavy atom. The average Bonchev–Trinajstić information content (AvgIpc) is 3.00. The van der Waals surface area contributed by atoms with Gasteiger partial charge in [0, 0.05) is 24.7 Å². The number of piperidine rings is 2. The number of amides is 2. The highest BCUT2D eigenvalue weighted by atomic mass is 16.2. The lowest BCUT2D eigenvalue weighted by molar-refractivity contribution is -0.134. The third kappa shape index (κ3) is 2.63. The van der Waals surface area contributed by atoms with E-state index in [0.717, 1.165) is 31.6 Å². The predicted octanol–water partition coefficient (Wildman–Crippen LogP) is 1.32. The van der Waals surface area contributed by atoms with E-state index in [2.05, 4.69) is 33.7 Å². The normalized spacial score (nSPS) is 25.4. The van der Waals surface area contributed by atoms with Crippen LogP contribution in [0.25, 0.3) is 0 Å². The molecule has 23 heavy (non-hydrogen) atoms. The summed E-state index contributed by atoms with van der Waals surface area (Å²) < 4.78 is 0. The van der Waals surface area contributed by atoms with Crippen molar-refractivity contribution in [3.05, 3.63) is 29.3 Å². The maximum Gasteiger partial charge on any atom is 0.234 e. The lowest BCUT2D eigenvalue weighted by Gasteiger charge is -2.34. The average molecular weight is 313 g/mol. The molecule has 2 fully saturated rings. The van der Waals surface area contributed by atoms with Gasteiger partial charge in [0.25, 0.3) is 0 Å². The van der Waals surface area contributed by atoms with E-state index in [4.69, 9.17) is 0 Å². The third-order valence-electron chi connectivity index (χ3n) is 5.46. The zero-order chi connectivity index (χ0) is 15.8. The lowest BCUT2D eigenvalue weighted by atomic mass is 9.86. The molecule has 1 atom stereocenters. The number of carbonyl (C=O) groups excluding carboxylic acids is 2. The Morgan fingerprint density at radius 1 is 1.04 bits per heavy atom. The van der Waals surface area contributed by atoms with Crippen molar-refractivity contribution >= 4 is 17.5 Å². The van der Waals surface area contributed by atoms with Crippen LogP contribution in [0.5, 0.6) is 0 Å². The van der Waals surface area contributed by atoms with E-state index in [9.17, 15) is 9.59 Å². The number of imide groups is 1. The SMILES string of the molecule is O=C1CC[C@H](c2cccc3c2CCN3C2CCNCC2)C(=O)N1. The number of nitrogens with zero attached hydrogens (tertiary/aromatic N) is 1. The summed E-state index contributed by atoms with van der Waals surface area (Å²) in [6, 6.07) is 6.94. The Kier molecular flexibility index (Phi) is 3.81. The highest BCUT2D eigenvalue weighted by Gasteiger charge is 2.34. The molecule has 3 aliphatic heterocycles. The first-order valence-corrected chi connectivity index (χ1v) is 8.67. The van der Waals surface area contributed by atoms with Crippen LogP contribution in [0, 0.1) is 0 Å². The van der Waals surface area contributed by atoms with Crippen LogP contribution in [0.4, 0.5) is 5.69 Å². The Balaban J connectivity index is 1.63. The zero-order valence-corrected chi connectivity index (χ0v) is 13.3. The second-order valence-electron chi connectivity index (χ2n) is 6.77. The molecule has 4 rings (SSSR count). The molecule has 3 aliphatic rings. The van der Waals surface area contributed by atoms with Gasteiger partial charge in [-0.25, -0.2) is 0 Å². The molecule has 5 heteroatoms. The number of rotatable bonds is 2. The van der Waals surface area contributed by atoms with E-state index in [0.29, 0.717) is 18.9 Å². The van der Waals surface area contributed by atoms with E-state index in [1.54, 1.807) is 0 Å². The van der Waals surface area contributed by atoms with Crippen molar-refractivity contribution < 1.29 is 9.59 Å². The maximum atomic E-state index is 12.2. The summed E-state index contributed by atoms with van der Waals surface area (Å²) in [5, 5.41) is 5.92. The number of fused-ring (bicyclic) bond motifs is 1. The van der Waals surface area contributed by atoms with Crippen molar-refractivity contribution in [3.63, 3.8) is 0 Å². The third-order valence-corrected chi connectivity index (χ3v) is 5.46. The van der Waals surface area contributed by atoms with Crippen molar-refractivity contribution in [1.82, 2.24) is 10.6 Å². The maximum absolute atomic E-state index is 12.2. The second kappa shape index (κ2) is 5.96. The fourth-order valence-corrected chi connectivity index (χ4v) is 4.30. The van der Waals surface area contributed by atoms with Crippen LogP contribution in [0.3, 0.4) is 0 Å². The van der Waals surface area contributed by atoms with Gasteiger partial charge in [0.15, 0.2) is 0 Å². The van der Waals surface area contributed by atoms with Crippen molar-refractivity contribution in [2.45, 2.75) is 44.1 Å². The molecule has 2 amide bonds. The molecule has 5 nitrogen and oxygen atoms in total. The molecule has 3 heterocycles. The summed E-state index contributed by atoms with van der Waals surface area (Å²) in [6.07, 6.45) is 4.45. The van der Waals surface area contributed by atoms with Gasteiger partial charge < -0.3 is 10.2 Å². The molecule has 0 aromatic heterocycles. The highest BCUT2D eigenvalue weighted by Crippen LogP contribution is 2.38. The van der Waals surface area contributed by atoms with Gasteiger partial charge in [-0.15, -0.1) is 0 Å². The molecular weight excluding hydrogens is 290 g/mol. The Hall–Kier alpha value is -1.88. The minimum absolute atomic E-state index is 0.130. The number of hydrogen-bond acceptors (Lipinski definition) is 4. The topological polar surface area (TPSA) is 61.4 Å². The largest absolute Gasteiger partial charge is 0.368 e. The monoisotopic (exact) mass is 313 g/mol. The molecule has 0 radical (unpaired) electrons. The number of carbonyl (C=O) groups is 2. The van der Waals surface area contributed by atoms with Gasteiger partial charge >= 0.3 is 0 Å². The fourth-order valence-electron chi connectivity index (χ4n) is 4.30. The molecule has 0 spiro atoms. The van der Waals surface area contributed by atoms with E-state index in [-0.39, 0.29) is 17.7 Å². The summed E-state index contributed by atoms with van der Waals surface area (Å²) in [6.45, 7) is 3.22. The first-order valence-electron chi connectivity index (χ1n) is 8.67. The smallest absolute Gasteiger partial charge is 0.234 e. The predicted molar refractivity (Wildman–Crippen MR) is 88.5 cm³/mol. The molecule has 0 saturated carbocycles. The molecule has 2 N–H and O–H groups in total. The Labute approximate surface area is 136 Å². The summed E-state index contributed by atoms with van der Waals surface area (Å²) >= 11 is 0. The van der Waals surface area contributed by atoms with Crippen LogP contribution in [0.1, 0.15) is 42.7 Å². The lowest BCUT2D eigenvalue weighted by Crippen LogP contribution is -2.42. The molecule has 0 unspecified atom stereocenters. The van der Waals surface area contributed by atoms with Crippen molar-refractivity contribution in [2.24, 2.45) is 0 Å². The molecule has 0 bridgehead atoms. The standard InChI is InChI=1S/C18H23N3O2/c22-17-5-4-15(18(23)20-17)13-2-1-3-16-14(13)8-11-21(16)12-6-9-19-10-7-12/h1-3,12,15,19H,4-11H2,(H,20,22,23)/t15-/m1/s1. The molecule has 1 aromatic rings. The van der Waals surface area contributed by atoms with Gasteiger partial charge in [0.05, 0.1) is 5.92 Å². The minimum atomic E-state index is -0.171. The van der Waals surface area contributed by atoms with Crippen molar-refractivity contribution in [2.75, 3.05) is 24.5 Å². The van der Waals surface area contributed by atoms with Gasteiger partial charge in [-0.1, -0.05) is 12.1 Å². The van der Waals surface area contributed by atoms with Crippen LogP contribution in [0.15, 0.2) is 18.2 Å².